The van der Waals surface area contributed by atoms with Crippen molar-refractivity contribution in [3.05, 3.63) is 218 Å². The Bertz CT molecular complexity index is 3730. The molecule has 6 heterocycles. The molecule has 6 aliphatic heterocycles. The van der Waals surface area contributed by atoms with Crippen LogP contribution < -0.4 is 82.3 Å². The van der Waals surface area contributed by atoms with Crippen molar-refractivity contribution in [2.24, 2.45) is 0 Å². The molecule has 0 N–H and O–H groups in total. The van der Waals surface area contributed by atoms with Crippen LogP contribution in [0.15, 0.2) is 218 Å². The van der Waals surface area contributed by atoms with Crippen LogP contribution in [-0.2, 0) is 0 Å². The first kappa shape index (κ1) is 37.4. The maximum atomic E-state index is 6.88. The highest BCUT2D eigenvalue weighted by atomic mass is 28.3. The van der Waals surface area contributed by atoms with Crippen LogP contribution in [0.1, 0.15) is 0 Å². The van der Waals surface area contributed by atoms with Gasteiger partial charge in [0.1, 0.15) is 46.0 Å². The molecular weight excluding hydrogens is 862 g/mol. The van der Waals surface area contributed by atoms with Gasteiger partial charge in [-0.2, -0.15) is 0 Å². The van der Waals surface area contributed by atoms with Gasteiger partial charge in [0.05, 0.1) is 5.69 Å². The molecule has 0 atom stereocenters. The number of anilines is 6. The van der Waals surface area contributed by atoms with Crippen molar-refractivity contribution in [2.45, 2.75) is 0 Å². The van der Waals surface area contributed by atoms with E-state index in [1.54, 1.807) is 0 Å². The average Bonchev–Trinajstić information content (AvgIpc) is 3.40. The molecular formula is C60H36B2N2O4Si. The van der Waals surface area contributed by atoms with E-state index in [2.05, 4.69) is 210 Å². The number of hydrogen-bond donors (Lipinski definition) is 0. The Morgan fingerprint density at radius 2 is 0.609 bits per heavy atom. The number of benzene rings is 10. The number of hydrogen-bond acceptors (Lipinski definition) is 6. The van der Waals surface area contributed by atoms with Crippen molar-refractivity contribution in [1.29, 1.82) is 0 Å². The molecule has 0 saturated heterocycles. The molecule has 10 aromatic rings. The third kappa shape index (κ3) is 4.91. The molecule has 9 heteroatoms. The summed E-state index contributed by atoms with van der Waals surface area (Å²) in [4.78, 5) is 4.90. The van der Waals surface area contributed by atoms with Gasteiger partial charge in [-0.25, -0.2) is 0 Å². The normalized spacial score (nSPS) is 14.8. The lowest BCUT2D eigenvalue weighted by molar-refractivity contribution is 0.464. The summed E-state index contributed by atoms with van der Waals surface area (Å²) in [7, 11) is -3.07. The second-order valence-corrected chi connectivity index (χ2v) is 22.3. The summed E-state index contributed by atoms with van der Waals surface area (Å²) in [6.45, 7) is -0.00777. The minimum absolute atomic E-state index is 0.00216. The second-order valence-electron chi connectivity index (χ2n) is 18.6. The molecule has 6 nitrogen and oxygen atoms in total. The number of nitrogens with zero attached hydrogens (tertiary/aromatic N) is 2. The van der Waals surface area contributed by atoms with E-state index in [9.17, 15) is 0 Å². The first-order chi connectivity index (χ1) is 34.2. The fourth-order valence-electron chi connectivity index (χ4n) is 12.6. The molecule has 10 aromatic carbocycles. The van der Waals surface area contributed by atoms with E-state index >= 15 is 0 Å². The Balaban J connectivity index is 0.886. The fraction of sp³-hybridized carbons (Fsp3) is 0. The lowest BCUT2D eigenvalue weighted by Crippen LogP contribution is -2.79. The van der Waals surface area contributed by atoms with Crippen LogP contribution in [0.2, 0.25) is 0 Å². The molecule has 1 spiro atoms. The molecule has 0 amide bonds. The molecule has 0 bridgehead atoms. The summed E-state index contributed by atoms with van der Waals surface area (Å²) in [5, 5.41) is 5.31. The van der Waals surface area contributed by atoms with Gasteiger partial charge in [-0.1, -0.05) is 140 Å². The number of fused-ring (bicyclic) bond motifs is 16. The zero-order valence-electron chi connectivity index (χ0n) is 37.0. The van der Waals surface area contributed by atoms with Gasteiger partial charge >= 0.3 is 0 Å². The number of para-hydroxylation sites is 7. The van der Waals surface area contributed by atoms with Gasteiger partial charge in [-0.05, 0) is 103 Å². The van der Waals surface area contributed by atoms with Gasteiger partial charge in [0.15, 0.2) is 8.07 Å². The first-order valence-corrected chi connectivity index (χ1v) is 25.6. The van der Waals surface area contributed by atoms with Crippen molar-refractivity contribution in [2.75, 3.05) is 9.80 Å². The maximum Gasteiger partial charge on any atom is 0.260 e. The largest absolute Gasteiger partial charge is 0.458 e. The minimum Gasteiger partial charge on any atom is -0.458 e. The molecule has 16 rings (SSSR count). The first-order valence-electron chi connectivity index (χ1n) is 23.6. The smallest absolute Gasteiger partial charge is 0.260 e. The van der Waals surface area contributed by atoms with E-state index < -0.39 is 8.07 Å². The number of rotatable bonds is 2. The molecule has 69 heavy (non-hydrogen) atoms. The standard InChI is InChI=1S/C60H36B2N2O4Si/c1-8-23-47-39(16-1)62-42-33-32-37(34-52(42)68-51-27-15-26-50(65-47)59(51)62)63-43-19-4-11-28-55(43)69(56-29-12-5-20-44(56)63)57-30-13-6-21-45(57)64(46-22-7-14-31-58(46)69)38-35-53-60-54(36-38)67-49-25-10-3-18-41(49)61(60)40-17-2-9-24-48(40)66-53/h1-36H. The van der Waals surface area contributed by atoms with E-state index in [4.69, 9.17) is 18.9 Å². The second kappa shape index (κ2) is 13.7. The maximum absolute atomic E-state index is 6.88. The Kier molecular flexibility index (Phi) is 7.44. The average molecular weight is 899 g/mol. The monoisotopic (exact) mass is 898 g/mol. The quantitative estimate of drug-likeness (QED) is 0.164. The van der Waals surface area contributed by atoms with Crippen LogP contribution in [0.3, 0.4) is 0 Å². The number of ether oxygens (including phenoxy) is 4. The summed E-state index contributed by atoms with van der Waals surface area (Å²) >= 11 is 0. The fourth-order valence-corrected chi connectivity index (χ4v) is 18.1. The van der Waals surface area contributed by atoms with Crippen molar-refractivity contribution in [3.63, 3.8) is 0 Å². The third-order valence-electron chi connectivity index (χ3n) is 15.3. The minimum atomic E-state index is -3.07. The summed E-state index contributed by atoms with van der Waals surface area (Å²) in [5.74, 6) is 6.80. The third-order valence-corrected chi connectivity index (χ3v) is 20.2. The summed E-state index contributed by atoms with van der Waals surface area (Å²) in [5.41, 5.74) is 13.4. The molecule has 320 valence electrons. The van der Waals surface area contributed by atoms with E-state index in [1.165, 1.54) is 32.1 Å². The Morgan fingerprint density at radius 1 is 0.275 bits per heavy atom. The van der Waals surface area contributed by atoms with Gasteiger partial charge in [-0.15, -0.1) is 0 Å². The van der Waals surface area contributed by atoms with Crippen LogP contribution in [0.4, 0.5) is 34.1 Å². The zero-order valence-corrected chi connectivity index (χ0v) is 38.0. The highest BCUT2D eigenvalue weighted by molar-refractivity contribution is 7.23. The molecule has 0 aliphatic carbocycles. The van der Waals surface area contributed by atoms with Gasteiger partial charge in [0.25, 0.3) is 13.4 Å². The Labute approximate surface area is 400 Å². The van der Waals surface area contributed by atoms with Crippen LogP contribution in [-0.4, -0.2) is 21.5 Å². The summed E-state index contributed by atoms with van der Waals surface area (Å²) < 4.78 is 27.1. The van der Waals surface area contributed by atoms with Crippen LogP contribution in [0, 0.1) is 0 Å². The predicted molar refractivity (Wildman–Crippen MR) is 282 cm³/mol. The molecule has 6 aliphatic rings. The summed E-state index contributed by atoms with van der Waals surface area (Å²) in [6.07, 6.45) is 0. The molecule has 0 aromatic heterocycles. The van der Waals surface area contributed by atoms with E-state index in [-0.39, 0.29) is 13.4 Å². The van der Waals surface area contributed by atoms with Crippen LogP contribution in [0.25, 0.3) is 0 Å². The predicted octanol–water partition coefficient (Wildman–Crippen LogP) is 8.09. The van der Waals surface area contributed by atoms with Gasteiger partial charge in [-0.3, -0.25) is 0 Å². The topological polar surface area (TPSA) is 43.4 Å². The van der Waals surface area contributed by atoms with Crippen molar-refractivity contribution in [3.8, 4) is 46.0 Å². The van der Waals surface area contributed by atoms with Gasteiger partial charge in [0, 0.05) is 57.6 Å². The molecule has 0 fully saturated rings. The zero-order chi connectivity index (χ0) is 45.0. The van der Waals surface area contributed by atoms with E-state index in [0.717, 1.165) is 102 Å². The van der Waals surface area contributed by atoms with Crippen molar-refractivity contribution < 1.29 is 18.9 Å². The highest BCUT2D eigenvalue weighted by Gasteiger charge is 2.54. The highest BCUT2D eigenvalue weighted by Crippen LogP contribution is 2.47. The van der Waals surface area contributed by atoms with Crippen LogP contribution in [0.5, 0.6) is 46.0 Å². The lowest BCUT2D eigenvalue weighted by atomic mass is 9.35. The van der Waals surface area contributed by atoms with Crippen molar-refractivity contribution >= 4 is 109 Å². The van der Waals surface area contributed by atoms with Gasteiger partial charge in [0.2, 0.25) is 0 Å². The van der Waals surface area contributed by atoms with E-state index in [1.807, 2.05) is 18.2 Å². The lowest BCUT2D eigenvalue weighted by Gasteiger charge is -2.50. The summed E-state index contributed by atoms with van der Waals surface area (Å²) in [6, 6.07) is 79.0. The van der Waals surface area contributed by atoms with Gasteiger partial charge < -0.3 is 28.7 Å². The Hall–Kier alpha value is -8.65. The van der Waals surface area contributed by atoms with Crippen LogP contribution >= 0.6 is 0 Å². The molecule has 0 saturated carbocycles. The SMILES string of the molecule is c1ccc2c(c1)Oc1cccc3c1B2c1ccc(N2c4ccccc4[Si]4(c5ccccc52)c2ccccc2N(c2cc5c6c(c2)Oc2ccccc2B6c2ccccc2O5)c2ccccc24)cc1O3. The van der Waals surface area contributed by atoms with Crippen molar-refractivity contribution in [1.82, 2.24) is 0 Å². The molecule has 0 radical (unpaired) electrons. The molecule has 0 unspecified atom stereocenters. The Morgan fingerprint density at radius 3 is 1.09 bits per heavy atom. The van der Waals surface area contributed by atoms with E-state index in [0.29, 0.717) is 0 Å².